The van der Waals surface area contributed by atoms with Gasteiger partial charge in [-0.1, -0.05) is 6.07 Å². The number of carbonyl (C=O) groups is 1. The van der Waals surface area contributed by atoms with E-state index in [-0.39, 0.29) is 6.04 Å². The second-order valence-electron chi connectivity index (χ2n) is 4.71. The molecule has 20 heavy (non-hydrogen) atoms. The monoisotopic (exact) mass is 287 g/mol. The average molecular weight is 287 g/mol. The molecule has 1 amide bonds. The molecule has 0 saturated carbocycles. The SMILES string of the molecule is O=C(CCC(F)(F)F)N1CCNCC1c1cccnc1. The van der Waals surface area contributed by atoms with E-state index in [0.29, 0.717) is 19.6 Å². The highest BCUT2D eigenvalue weighted by Crippen LogP contribution is 2.26. The molecule has 0 spiro atoms. The van der Waals surface area contributed by atoms with E-state index in [4.69, 9.17) is 0 Å². The van der Waals surface area contributed by atoms with Gasteiger partial charge in [0.25, 0.3) is 0 Å². The number of piperazine rings is 1. The van der Waals surface area contributed by atoms with E-state index in [9.17, 15) is 18.0 Å². The normalized spacial score (nSPS) is 19.9. The minimum Gasteiger partial charge on any atom is -0.333 e. The van der Waals surface area contributed by atoms with Gasteiger partial charge in [0.1, 0.15) is 0 Å². The fourth-order valence-corrected chi connectivity index (χ4v) is 2.27. The van der Waals surface area contributed by atoms with Gasteiger partial charge in [-0.25, -0.2) is 0 Å². The van der Waals surface area contributed by atoms with Crippen LogP contribution in [0.2, 0.25) is 0 Å². The molecule has 110 valence electrons. The molecular formula is C13H16F3N3O. The maximum atomic E-state index is 12.2. The van der Waals surface area contributed by atoms with Crippen molar-refractivity contribution in [2.75, 3.05) is 19.6 Å². The van der Waals surface area contributed by atoms with Crippen LogP contribution in [0.1, 0.15) is 24.4 Å². The lowest BCUT2D eigenvalue weighted by Gasteiger charge is -2.36. The van der Waals surface area contributed by atoms with Gasteiger partial charge in [-0.2, -0.15) is 13.2 Å². The summed E-state index contributed by atoms with van der Waals surface area (Å²) in [6.45, 7) is 1.54. The van der Waals surface area contributed by atoms with E-state index in [1.807, 2.05) is 6.07 Å². The molecule has 4 nitrogen and oxygen atoms in total. The number of alkyl halides is 3. The summed E-state index contributed by atoms with van der Waals surface area (Å²) in [6.07, 6.45) is -2.61. The molecule has 7 heteroatoms. The van der Waals surface area contributed by atoms with Crippen LogP contribution in [-0.4, -0.2) is 41.6 Å². The third kappa shape index (κ3) is 3.93. The summed E-state index contributed by atoms with van der Waals surface area (Å²) in [4.78, 5) is 17.5. The Morgan fingerprint density at radius 2 is 2.30 bits per heavy atom. The van der Waals surface area contributed by atoms with Gasteiger partial charge in [-0.15, -0.1) is 0 Å². The minimum atomic E-state index is -4.30. The van der Waals surface area contributed by atoms with Crippen molar-refractivity contribution in [3.05, 3.63) is 30.1 Å². The summed E-state index contributed by atoms with van der Waals surface area (Å²) in [5.74, 6) is -0.460. The Morgan fingerprint density at radius 1 is 1.50 bits per heavy atom. The van der Waals surface area contributed by atoms with Crippen LogP contribution >= 0.6 is 0 Å². The van der Waals surface area contributed by atoms with Gasteiger partial charge in [0.15, 0.2) is 0 Å². The first-order chi connectivity index (χ1) is 9.47. The van der Waals surface area contributed by atoms with Crippen LogP contribution in [0.4, 0.5) is 13.2 Å². The summed E-state index contributed by atoms with van der Waals surface area (Å²) in [5.41, 5.74) is 0.833. The van der Waals surface area contributed by atoms with Crippen molar-refractivity contribution < 1.29 is 18.0 Å². The molecule has 1 aliphatic rings. The summed E-state index contributed by atoms with van der Waals surface area (Å²) in [5, 5.41) is 3.15. The molecule has 1 saturated heterocycles. The first-order valence-electron chi connectivity index (χ1n) is 6.44. The lowest BCUT2D eigenvalue weighted by Crippen LogP contribution is -2.48. The highest BCUT2D eigenvalue weighted by molar-refractivity contribution is 5.77. The second kappa shape index (κ2) is 6.21. The molecule has 1 aliphatic heterocycles. The van der Waals surface area contributed by atoms with Crippen LogP contribution in [0.3, 0.4) is 0 Å². The highest BCUT2D eigenvalue weighted by atomic mass is 19.4. The van der Waals surface area contributed by atoms with Gasteiger partial charge in [0, 0.05) is 38.4 Å². The zero-order chi connectivity index (χ0) is 14.6. The largest absolute Gasteiger partial charge is 0.389 e. The van der Waals surface area contributed by atoms with E-state index in [2.05, 4.69) is 10.3 Å². The Bertz CT molecular complexity index is 450. The van der Waals surface area contributed by atoms with Crippen molar-refractivity contribution in [3.8, 4) is 0 Å². The van der Waals surface area contributed by atoms with Crippen LogP contribution in [-0.2, 0) is 4.79 Å². The van der Waals surface area contributed by atoms with Gasteiger partial charge in [-0.3, -0.25) is 9.78 Å². The Labute approximate surface area is 115 Å². The Morgan fingerprint density at radius 3 is 2.95 bits per heavy atom. The van der Waals surface area contributed by atoms with Gasteiger partial charge in [0.2, 0.25) is 5.91 Å². The summed E-state index contributed by atoms with van der Waals surface area (Å²) < 4.78 is 36.6. The van der Waals surface area contributed by atoms with Crippen LogP contribution in [0.25, 0.3) is 0 Å². The molecule has 2 heterocycles. The topological polar surface area (TPSA) is 45.2 Å². The second-order valence-corrected chi connectivity index (χ2v) is 4.71. The predicted octanol–water partition coefficient (Wildman–Crippen LogP) is 1.90. The van der Waals surface area contributed by atoms with Gasteiger partial charge >= 0.3 is 6.18 Å². The molecule has 0 aliphatic carbocycles. The Hall–Kier alpha value is -1.63. The molecule has 1 fully saturated rings. The van der Waals surface area contributed by atoms with Crippen LogP contribution < -0.4 is 5.32 Å². The van der Waals surface area contributed by atoms with E-state index in [0.717, 1.165) is 5.56 Å². The predicted molar refractivity (Wildman–Crippen MR) is 66.8 cm³/mol. The van der Waals surface area contributed by atoms with Gasteiger partial charge < -0.3 is 10.2 Å². The van der Waals surface area contributed by atoms with E-state index in [1.54, 1.807) is 18.5 Å². The van der Waals surface area contributed by atoms with E-state index >= 15 is 0 Å². The molecular weight excluding hydrogens is 271 g/mol. The van der Waals surface area contributed by atoms with Crippen molar-refractivity contribution in [1.82, 2.24) is 15.2 Å². The number of aromatic nitrogens is 1. The van der Waals surface area contributed by atoms with Crippen molar-refractivity contribution in [3.63, 3.8) is 0 Å². The lowest BCUT2D eigenvalue weighted by molar-refractivity contribution is -0.151. The summed E-state index contributed by atoms with van der Waals surface area (Å²) in [7, 11) is 0. The number of hydrogen-bond acceptors (Lipinski definition) is 3. The standard InChI is InChI=1S/C13H16F3N3O/c14-13(15,16)4-3-12(20)19-7-6-18-9-11(19)10-2-1-5-17-8-10/h1-2,5,8,11,18H,3-4,6-7,9H2. The van der Waals surface area contributed by atoms with Gasteiger partial charge in [0.05, 0.1) is 12.5 Å². The third-order valence-electron chi connectivity index (χ3n) is 3.26. The quantitative estimate of drug-likeness (QED) is 0.923. The van der Waals surface area contributed by atoms with Crippen molar-refractivity contribution in [2.24, 2.45) is 0 Å². The zero-order valence-electron chi connectivity index (χ0n) is 10.9. The molecule has 0 radical (unpaired) electrons. The smallest absolute Gasteiger partial charge is 0.333 e. The maximum absolute atomic E-state index is 12.2. The average Bonchev–Trinajstić information content (AvgIpc) is 2.45. The Balaban J connectivity index is 2.05. The molecule has 1 unspecified atom stereocenters. The zero-order valence-corrected chi connectivity index (χ0v) is 10.9. The van der Waals surface area contributed by atoms with Gasteiger partial charge in [-0.05, 0) is 11.6 Å². The van der Waals surface area contributed by atoms with E-state index in [1.165, 1.54) is 4.90 Å². The number of pyridine rings is 1. The van der Waals surface area contributed by atoms with Crippen LogP contribution in [0, 0.1) is 0 Å². The number of amides is 1. The number of hydrogen-bond donors (Lipinski definition) is 1. The van der Waals surface area contributed by atoms with Crippen LogP contribution in [0.15, 0.2) is 24.5 Å². The fraction of sp³-hybridized carbons (Fsp3) is 0.538. The Kier molecular flexibility index (Phi) is 4.59. The molecule has 1 N–H and O–H groups in total. The first-order valence-corrected chi connectivity index (χ1v) is 6.44. The molecule has 1 aromatic heterocycles. The van der Waals surface area contributed by atoms with Crippen molar-refractivity contribution in [2.45, 2.75) is 25.1 Å². The number of halogens is 3. The van der Waals surface area contributed by atoms with Crippen molar-refractivity contribution in [1.29, 1.82) is 0 Å². The third-order valence-corrected chi connectivity index (χ3v) is 3.26. The van der Waals surface area contributed by atoms with Crippen molar-refractivity contribution >= 4 is 5.91 Å². The highest BCUT2D eigenvalue weighted by Gasteiger charge is 2.32. The summed E-state index contributed by atoms with van der Waals surface area (Å²) in [6, 6.07) is 3.33. The number of rotatable bonds is 3. The molecule has 0 aromatic carbocycles. The maximum Gasteiger partial charge on any atom is 0.389 e. The molecule has 1 atom stereocenters. The molecule has 0 bridgehead atoms. The number of carbonyl (C=O) groups excluding carboxylic acids is 1. The number of nitrogens with zero attached hydrogens (tertiary/aromatic N) is 2. The molecule has 1 aromatic rings. The minimum absolute atomic E-state index is 0.252. The molecule has 2 rings (SSSR count). The van der Waals surface area contributed by atoms with E-state index < -0.39 is 24.9 Å². The lowest BCUT2D eigenvalue weighted by atomic mass is 10.0. The first kappa shape index (κ1) is 14.8. The summed E-state index contributed by atoms with van der Waals surface area (Å²) >= 11 is 0. The number of nitrogens with one attached hydrogen (secondary N) is 1. The van der Waals surface area contributed by atoms with Crippen LogP contribution in [0.5, 0.6) is 0 Å². The fourth-order valence-electron chi connectivity index (χ4n) is 2.27.